The highest BCUT2D eigenvalue weighted by atomic mass is 19.1. The van der Waals surface area contributed by atoms with Crippen molar-refractivity contribution in [1.82, 2.24) is 10.3 Å². The SMILES string of the molecule is CCc1ccc(C(N)NC(Cc2ccccc2)(c2cccc(C(C)(C)F)c2)c2ccccn2)c(CC)c1. The van der Waals surface area contributed by atoms with Gasteiger partial charge < -0.3 is 5.73 Å². The van der Waals surface area contributed by atoms with Gasteiger partial charge in [0.2, 0.25) is 0 Å². The lowest BCUT2D eigenvalue weighted by molar-refractivity contribution is 0.220. The highest BCUT2D eigenvalue weighted by Crippen LogP contribution is 2.37. The van der Waals surface area contributed by atoms with Gasteiger partial charge in [0.1, 0.15) is 5.67 Å². The fourth-order valence-corrected chi connectivity index (χ4v) is 5.05. The second kappa shape index (κ2) is 11.4. The van der Waals surface area contributed by atoms with E-state index in [1.54, 1.807) is 20.0 Å². The number of halogens is 1. The van der Waals surface area contributed by atoms with E-state index in [0.717, 1.165) is 35.2 Å². The molecular weight excluding hydrogens is 457 g/mol. The Morgan fingerprint density at radius 2 is 1.54 bits per heavy atom. The third-order valence-corrected chi connectivity index (χ3v) is 7.19. The summed E-state index contributed by atoms with van der Waals surface area (Å²) >= 11 is 0. The summed E-state index contributed by atoms with van der Waals surface area (Å²) < 4.78 is 15.2. The number of nitrogens with two attached hydrogens (primary N) is 1. The lowest BCUT2D eigenvalue weighted by Gasteiger charge is -2.39. The molecule has 0 spiro atoms. The van der Waals surface area contributed by atoms with Gasteiger partial charge in [-0.1, -0.05) is 92.7 Å². The zero-order valence-corrected chi connectivity index (χ0v) is 22.3. The number of hydrogen-bond donors (Lipinski definition) is 2. The molecule has 0 aliphatic rings. The van der Waals surface area contributed by atoms with Crippen molar-refractivity contribution in [2.75, 3.05) is 0 Å². The predicted molar refractivity (Wildman–Crippen MR) is 151 cm³/mol. The zero-order valence-electron chi connectivity index (χ0n) is 22.3. The van der Waals surface area contributed by atoms with Crippen LogP contribution in [0, 0.1) is 0 Å². The number of nitrogens with zero attached hydrogens (tertiary/aromatic N) is 1. The molecule has 4 heteroatoms. The molecule has 37 heavy (non-hydrogen) atoms. The van der Waals surface area contributed by atoms with Crippen molar-refractivity contribution in [3.63, 3.8) is 0 Å². The Morgan fingerprint density at radius 1 is 0.811 bits per heavy atom. The lowest BCUT2D eigenvalue weighted by atomic mass is 9.78. The molecule has 4 rings (SSSR count). The van der Waals surface area contributed by atoms with E-state index in [2.05, 4.69) is 49.5 Å². The van der Waals surface area contributed by atoms with Crippen molar-refractivity contribution >= 4 is 0 Å². The zero-order chi connectivity index (χ0) is 26.5. The Kier molecular flexibility index (Phi) is 8.21. The fourth-order valence-electron chi connectivity index (χ4n) is 5.05. The molecule has 192 valence electrons. The van der Waals surface area contributed by atoms with Gasteiger partial charge in [0.25, 0.3) is 0 Å². The Hall–Kier alpha value is -3.34. The molecule has 2 unspecified atom stereocenters. The molecule has 0 amide bonds. The molecule has 0 aliphatic carbocycles. The Balaban J connectivity index is 1.92. The van der Waals surface area contributed by atoms with Crippen molar-refractivity contribution < 1.29 is 4.39 Å². The number of alkyl halides is 1. The van der Waals surface area contributed by atoms with Gasteiger partial charge >= 0.3 is 0 Å². The van der Waals surface area contributed by atoms with Gasteiger partial charge in [-0.2, -0.15) is 0 Å². The van der Waals surface area contributed by atoms with Crippen LogP contribution in [-0.4, -0.2) is 4.98 Å². The first-order chi connectivity index (χ1) is 17.8. The molecule has 0 radical (unpaired) electrons. The molecule has 4 aromatic rings. The molecule has 1 heterocycles. The van der Waals surface area contributed by atoms with Gasteiger partial charge in [-0.3, -0.25) is 10.3 Å². The van der Waals surface area contributed by atoms with E-state index in [1.165, 1.54) is 11.1 Å². The molecule has 0 saturated carbocycles. The van der Waals surface area contributed by atoms with Crippen LogP contribution in [0.5, 0.6) is 0 Å². The van der Waals surface area contributed by atoms with Crippen LogP contribution in [0.2, 0.25) is 0 Å². The van der Waals surface area contributed by atoms with Crippen LogP contribution >= 0.6 is 0 Å². The minimum atomic E-state index is -1.48. The monoisotopic (exact) mass is 495 g/mol. The van der Waals surface area contributed by atoms with E-state index >= 15 is 4.39 Å². The largest absolute Gasteiger partial charge is 0.312 e. The van der Waals surface area contributed by atoms with Gasteiger partial charge in [-0.15, -0.1) is 0 Å². The number of aryl methyl sites for hydroxylation is 2. The Labute approximate surface area is 221 Å². The predicted octanol–water partition coefficient (Wildman–Crippen LogP) is 7.14. The van der Waals surface area contributed by atoms with E-state index in [4.69, 9.17) is 10.7 Å². The van der Waals surface area contributed by atoms with E-state index in [-0.39, 0.29) is 0 Å². The van der Waals surface area contributed by atoms with Crippen LogP contribution in [0.3, 0.4) is 0 Å². The van der Waals surface area contributed by atoms with Crippen LogP contribution < -0.4 is 11.1 Å². The van der Waals surface area contributed by atoms with Crippen LogP contribution in [-0.2, 0) is 30.5 Å². The number of nitrogens with one attached hydrogen (secondary N) is 1. The van der Waals surface area contributed by atoms with Crippen molar-refractivity contribution in [2.45, 2.75) is 64.3 Å². The standard InChI is InChI=1S/C33H38FN3/c1-5-24-18-19-29(26(6-2)21-24)31(35)37-33(30-17-10-11-20-36-30,23-25-13-8-7-9-14-25)28-16-12-15-27(22-28)32(3,4)34/h7-22,31,37H,5-6,23,35H2,1-4H3. The normalized spacial score (nSPS) is 14.2. The average molecular weight is 496 g/mol. The molecule has 0 bridgehead atoms. The topological polar surface area (TPSA) is 50.9 Å². The van der Waals surface area contributed by atoms with Gasteiger partial charge in [-0.05, 0) is 72.2 Å². The summed E-state index contributed by atoms with van der Waals surface area (Å²) in [7, 11) is 0. The smallest absolute Gasteiger partial charge is 0.130 e. The van der Waals surface area contributed by atoms with Crippen molar-refractivity contribution in [3.8, 4) is 0 Å². The first-order valence-corrected chi connectivity index (χ1v) is 13.2. The molecule has 0 fully saturated rings. The first kappa shape index (κ1) is 26.7. The maximum atomic E-state index is 15.2. The summed E-state index contributed by atoms with van der Waals surface area (Å²) in [6, 6.07) is 30.6. The highest BCUT2D eigenvalue weighted by Gasteiger charge is 2.38. The van der Waals surface area contributed by atoms with E-state index in [9.17, 15) is 0 Å². The summed E-state index contributed by atoms with van der Waals surface area (Å²) in [6.45, 7) is 7.51. The van der Waals surface area contributed by atoms with Crippen molar-refractivity contribution in [2.24, 2.45) is 5.73 Å². The third-order valence-electron chi connectivity index (χ3n) is 7.19. The number of benzene rings is 3. The molecule has 1 aromatic heterocycles. The second-order valence-corrected chi connectivity index (χ2v) is 10.2. The maximum Gasteiger partial charge on any atom is 0.130 e. The first-order valence-electron chi connectivity index (χ1n) is 13.2. The lowest BCUT2D eigenvalue weighted by Crippen LogP contribution is -2.50. The van der Waals surface area contributed by atoms with Gasteiger partial charge in [0.15, 0.2) is 0 Å². The minimum absolute atomic E-state index is 0.464. The maximum absolute atomic E-state index is 15.2. The summed E-state index contributed by atoms with van der Waals surface area (Å²) in [5.74, 6) is 0. The molecule has 0 saturated heterocycles. The van der Waals surface area contributed by atoms with Crippen LogP contribution in [0.15, 0.2) is 97.2 Å². The van der Waals surface area contributed by atoms with Gasteiger partial charge in [-0.25, -0.2) is 4.39 Å². The Morgan fingerprint density at radius 3 is 2.19 bits per heavy atom. The second-order valence-electron chi connectivity index (χ2n) is 10.2. The van der Waals surface area contributed by atoms with E-state index in [1.807, 2.05) is 60.7 Å². The molecule has 3 N–H and O–H groups in total. The van der Waals surface area contributed by atoms with E-state index in [0.29, 0.717) is 12.0 Å². The molecular formula is C33H38FN3. The summed E-state index contributed by atoms with van der Waals surface area (Å²) in [6.07, 6.45) is 3.81. The fraction of sp³-hybridized carbons (Fsp3) is 0.303. The highest BCUT2D eigenvalue weighted by molar-refractivity contribution is 5.42. The van der Waals surface area contributed by atoms with Crippen LogP contribution in [0.1, 0.15) is 72.9 Å². The number of aromatic nitrogens is 1. The number of rotatable bonds is 10. The van der Waals surface area contributed by atoms with E-state index < -0.39 is 17.4 Å². The number of pyridine rings is 1. The quantitative estimate of drug-likeness (QED) is 0.230. The molecule has 2 atom stereocenters. The van der Waals surface area contributed by atoms with Crippen molar-refractivity contribution in [1.29, 1.82) is 0 Å². The summed E-state index contributed by atoms with van der Waals surface area (Å²) in [5, 5.41) is 3.81. The van der Waals surface area contributed by atoms with Gasteiger partial charge in [0.05, 0.1) is 17.4 Å². The molecule has 3 aromatic carbocycles. The average Bonchev–Trinajstić information content (AvgIpc) is 2.92. The Bertz CT molecular complexity index is 1300. The summed E-state index contributed by atoms with van der Waals surface area (Å²) in [4.78, 5) is 4.82. The molecule has 0 aliphatic heterocycles. The minimum Gasteiger partial charge on any atom is -0.312 e. The third kappa shape index (κ3) is 5.98. The van der Waals surface area contributed by atoms with Crippen LogP contribution in [0.4, 0.5) is 4.39 Å². The van der Waals surface area contributed by atoms with Crippen molar-refractivity contribution in [3.05, 3.63) is 136 Å². The number of hydrogen-bond acceptors (Lipinski definition) is 3. The van der Waals surface area contributed by atoms with Crippen LogP contribution in [0.25, 0.3) is 0 Å². The summed E-state index contributed by atoms with van der Waals surface area (Å²) in [5.41, 5.74) is 11.8. The van der Waals surface area contributed by atoms with Gasteiger partial charge in [0, 0.05) is 12.6 Å². The molecule has 3 nitrogen and oxygen atoms in total.